The molecule has 3 aromatic rings. The second-order valence-corrected chi connectivity index (χ2v) is 6.76. The van der Waals surface area contributed by atoms with Gasteiger partial charge in [-0.3, -0.25) is 9.59 Å². The molecule has 1 aromatic heterocycles. The number of aryl methyl sites for hydroxylation is 1. The molecule has 5 nitrogen and oxygen atoms in total. The summed E-state index contributed by atoms with van der Waals surface area (Å²) in [6.45, 7) is 4.55. The standard InChI is InChI=1S/C22H24FN3O2/c1-3-26(14-21(27)24-13-16-8-10-17(23)11-9-16)22(28)12-19-15(2)25-20-7-5-4-6-18(19)20/h4-11,25H,3,12-14H2,1-2H3,(H,24,27). The van der Waals surface area contributed by atoms with E-state index < -0.39 is 0 Å². The Morgan fingerprint density at radius 3 is 2.54 bits per heavy atom. The van der Waals surface area contributed by atoms with Gasteiger partial charge in [-0.1, -0.05) is 30.3 Å². The SMILES string of the molecule is CCN(CC(=O)NCc1ccc(F)cc1)C(=O)Cc1c(C)[nH]c2ccccc12. The van der Waals surface area contributed by atoms with Crippen molar-refractivity contribution < 1.29 is 14.0 Å². The Bertz CT molecular complexity index is 979. The fourth-order valence-corrected chi connectivity index (χ4v) is 3.23. The highest BCUT2D eigenvalue weighted by Crippen LogP contribution is 2.22. The third-order valence-corrected chi connectivity index (χ3v) is 4.83. The van der Waals surface area contributed by atoms with Crippen molar-refractivity contribution in [3.63, 3.8) is 0 Å². The van der Waals surface area contributed by atoms with Gasteiger partial charge in [-0.2, -0.15) is 0 Å². The molecule has 3 rings (SSSR count). The number of carbonyl (C=O) groups is 2. The summed E-state index contributed by atoms with van der Waals surface area (Å²) in [5.41, 5.74) is 3.73. The summed E-state index contributed by atoms with van der Waals surface area (Å²) in [4.78, 5) is 29.9. The maximum Gasteiger partial charge on any atom is 0.239 e. The number of aromatic nitrogens is 1. The fourth-order valence-electron chi connectivity index (χ4n) is 3.23. The number of nitrogens with one attached hydrogen (secondary N) is 2. The van der Waals surface area contributed by atoms with Gasteiger partial charge in [0.2, 0.25) is 11.8 Å². The van der Waals surface area contributed by atoms with E-state index in [0.717, 1.165) is 27.7 Å². The number of para-hydroxylation sites is 1. The normalized spacial score (nSPS) is 10.8. The molecule has 0 spiro atoms. The summed E-state index contributed by atoms with van der Waals surface area (Å²) in [5, 5.41) is 3.81. The molecule has 0 fully saturated rings. The lowest BCUT2D eigenvalue weighted by Gasteiger charge is -2.20. The molecule has 2 N–H and O–H groups in total. The number of halogens is 1. The zero-order valence-corrected chi connectivity index (χ0v) is 16.1. The van der Waals surface area contributed by atoms with Crippen molar-refractivity contribution in [1.29, 1.82) is 0 Å². The smallest absolute Gasteiger partial charge is 0.239 e. The summed E-state index contributed by atoms with van der Waals surface area (Å²) >= 11 is 0. The summed E-state index contributed by atoms with van der Waals surface area (Å²) < 4.78 is 12.9. The van der Waals surface area contributed by atoms with Crippen LogP contribution in [0.3, 0.4) is 0 Å². The second-order valence-electron chi connectivity index (χ2n) is 6.76. The molecule has 0 saturated heterocycles. The van der Waals surface area contributed by atoms with E-state index in [1.54, 1.807) is 17.0 Å². The number of hydrogen-bond acceptors (Lipinski definition) is 2. The molecular weight excluding hydrogens is 357 g/mol. The zero-order chi connectivity index (χ0) is 20.1. The molecule has 0 aliphatic heterocycles. The Kier molecular flexibility index (Phi) is 6.09. The van der Waals surface area contributed by atoms with Gasteiger partial charge in [-0.15, -0.1) is 0 Å². The molecule has 146 valence electrons. The maximum absolute atomic E-state index is 12.9. The molecule has 0 aliphatic rings. The molecule has 1 heterocycles. The van der Waals surface area contributed by atoms with E-state index in [4.69, 9.17) is 0 Å². The van der Waals surface area contributed by atoms with Crippen LogP contribution in [0.4, 0.5) is 4.39 Å². The monoisotopic (exact) mass is 381 g/mol. The van der Waals surface area contributed by atoms with Crippen LogP contribution in [0, 0.1) is 12.7 Å². The number of rotatable bonds is 7. The number of likely N-dealkylation sites (N-methyl/N-ethyl adjacent to an activating group) is 1. The summed E-state index contributed by atoms with van der Waals surface area (Å²) in [6, 6.07) is 13.8. The van der Waals surface area contributed by atoms with Crippen LogP contribution in [-0.2, 0) is 22.6 Å². The van der Waals surface area contributed by atoms with Crippen molar-refractivity contribution in [1.82, 2.24) is 15.2 Å². The summed E-state index contributed by atoms with van der Waals surface area (Å²) in [5.74, 6) is -0.645. The minimum Gasteiger partial charge on any atom is -0.358 e. The van der Waals surface area contributed by atoms with Crippen LogP contribution in [0.1, 0.15) is 23.7 Å². The molecule has 0 atom stereocenters. The minimum atomic E-state index is -0.314. The Labute approximate surface area is 163 Å². The van der Waals surface area contributed by atoms with Crippen LogP contribution >= 0.6 is 0 Å². The van der Waals surface area contributed by atoms with Crippen molar-refractivity contribution in [2.75, 3.05) is 13.1 Å². The summed E-state index contributed by atoms with van der Waals surface area (Å²) in [6.07, 6.45) is 0.245. The van der Waals surface area contributed by atoms with Gasteiger partial charge in [0.25, 0.3) is 0 Å². The summed E-state index contributed by atoms with van der Waals surface area (Å²) in [7, 11) is 0. The van der Waals surface area contributed by atoms with E-state index in [2.05, 4.69) is 10.3 Å². The number of hydrogen-bond donors (Lipinski definition) is 2. The maximum atomic E-state index is 12.9. The fraction of sp³-hybridized carbons (Fsp3) is 0.273. The third kappa shape index (κ3) is 4.57. The molecule has 0 aliphatic carbocycles. The first kappa shape index (κ1) is 19.6. The van der Waals surface area contributed by atoms with Gasteiger partial charge < -0.3 is 15.2 Å². The molecule has 2 aromatic carbocycles. The first-order valence-corrected chi connectivity index (χ1v) is 9.33. The van der Waals surface area contributed by atoms with Crippen LogP contribution in [-0.4, -0.2) is 34.8 Å². The van der Waals surface area contributed by atoms with Crippen molar-refractivity contribution in [2.45, 2.75) is 26.8 Å². The van der Waals surface area contributed by atoms with E-state index in [9.17, 15) is 14.0 Å². The lowest BCUT2D eigenvalue weighted by atomic mass is 10.1. The Balaban J connectivity index is 1.60. The molecule has 0 bridgehead atoms. The third-order valence-electron chi connectivity index (χ3n) is 4.83. The van der Waals surface area contributed by atoms with Gasteiger partial charge >= 0.3 is 0 Å². The highest BCUT2D eigenvalue weighted by atomic mass is 19.1. The van der Waals surface area contributed by atoms with Gasteiger partial charge in [0, 0.05) is 29.7 Å². The van der Waals surface area contributed by atoms with E-state index in [1.165, 1.54) is 12.1 Å². The van der Waals surface area contributed by atoms with E-state index >= 15 is 0 Å². The van der Waals surface area contributed by atoms with E-state index in [1.807, 2.05) is 38.1 Å². The quantitative estimate of drug-likeness (QED) is 0.659. The molecule has 0 unspecified atom stereocenters. The average Bonchev–Trinajstić information content (AvgIpc) is 3.01. The van der Waals surface area contributed by atoms with Crippen LogP contribution in [0.15, 0.2) is 48.5 Å². The number of nitrogens with zero attached hydrogens (tertiary/aromatic N) is 1. The largest absolute Gasteiger partial charge is 0.358 e. The van der Waals surface area contributed by atoms with Gasteiger partial charge in [0.05, 0.1) is 13.0 Å². The molecule has 0 radical (unpaired) electrons. The first-order valence-electron chi connectivity index (χ1n) is 9.33. The topological polar surface area (TPSA) is 65.2 Å². The van der Waals surface area contributed by atoms with Crippen LogP contribution in [0.2, 0.25) is 0 Å². The van der Waals surface area contributed by atoms with E-state index in [0.29, 0.717) is 13.1 Å². The van der Waals surface area contributed by atoms with Crippen molar-refractivity contribution in [3.05, 3.63) is 71.2 Å². The second kappa shape index (κ2) is 8.69. The molecule has 28 heavy (non-hydrogen) atoms. The van der Waals surface area contributed by atoms with Crippen molar-refractivity contribution >= 4 is 22.7 Å². The average molecular weight is 381 g/mol. The number of amides is 2. The Morgan fingerprint density at radius 1 is 1.11 bits per heavy atom. The van der Waals surface area contributed by atoms with Crippen molar-refractivity contribution in [2.24, 2.45) is 0 Å². The van der Waals surface area contributed by atoms with Gasteiger partial charge in [-0.25, -0.2) is 4.39 Å². The highest BCUT2D eigenvalue weighted by Gasteiger charge is 2.19. The van der Waals surface area contributed by atoms with Gasteiger partial charge in [0.15, 0.2) is 0 Å². The molecule has 6 heteroatoms. The Morgan fingerprint density at radius 2 is 1.82 bits per heavy atom. The molecule has 2 amide bonds. The van der Waals surface area contributed by atoms with Gasteiger partial charge in [0.1, 0.15) is 5.82 Å². The number of carbonyl (C=O) groups excluding carboxylic acids is 2. The Hall–Kier alpha value is -3.15. The number of benzene rings is 2. The molecule has 0 saturated carbocycles. The van der Waals surface area contributed by atoms with Crippen LogP contribution < -0.4 is 5.32 Å². The van der Waals surface area contributed by atoms with E-state index in [-0.39, 0.29) is 30.6 Å². The van der Waals surface area contributed by atoms with Crippen LogP contribution in [0.5, 0.6) is 0 Å². The van der Waals surface area contributed by atoms with Crippen LogP contribution in [0.25, 0.3) is 10.9 Å². The van der Waals surface area contributed by atoms with Crippen molar-refractivity contribution in [3.8, 4) is 0 Å². The number of fused-ring (bicyclic) bond motifs is 1. The number of H-pyrrole nitrogens is 1. The molecular formula is C22H24FN3O2. The predicted octanol–water partition coefficient (Wildman–Crippen LogP) is 3.32. The lowest BCUT2D eigenvalue weighted by molar-refractivity contribution is -0.135. The first-order chi connectivity index (χ1) is 13.5. The predicted molar refractivity (Wildman–Crippen MR) is 107 cm³/mol. The zero-order valence-electron chi connectivity index (χ0n) is 16.1. The van der Waals surface area contributed by atoms with Gasteiger partial charge in [-0.05, 0) is 43.2 Å². The highest BCUT2D eigenvalue weighted by molar-refractivity contribution is 5.91. The minimum absolute atomic E-state index is 0.00205. The number of aromatic amines is 1. The lowest BCUT2D eigenvalue weighted by Crippen LogP contribution is -2.41.